The topological polar surface area (TPSA) is 24.1 Å². The molecule has 1 atom stereocenters. The zero-order valence-electron chi connectivity index (χ0n) is 10.9. The minimum absolute atomic E-state index is 0.445. The second-order valence-corrected chi connectivity index (χ2v) is 6.25. The first-order valence-corrected chi connectivity index (χ1v) is 6.41. The van der Waals surface area contributed by atoms with Crippen LogP contribution < -0.4 is 10.6 Å². The maximum atomic E-state index is 3.63. The van der Waals surface area contributed by atoms with Crippen molar-refractivity contribution in [3.63, 3.8) is 0 Å². The van der Waals surface area contributed by atoms with Crippen LogP contribution in [0.1, 0.15) is 40.5 Å². The summed E-state index contributed by atoms with van der Waals surface area (Å²) in [6.07, 6.45) is 2.65. The quantitative estimate of drug-likeness (QED) is 0.706. The van der Waals surface area contributed by atoms with E-state index in [9.17, 15) is 0 Å². The predicted molar refractivity (Wildman–Crippen MR) is 67.1 cm³/mol. The first-order valence-electron chi connectivity index (χ1n) is 6.41. The van der Waals surface area contributed by atoms with Crippen molar-refractivity contribution in [2.75, 3.05) is 26.2 Å². The van der Waals surface area contributed by atoms with Gasteiger partial charge >= 0.3 is 0 Å². The van der Waals surface area contributed by atoms with Crippen LogP contribution in [0.3, 0.4) is 0 Å². The van der Waals surface area contributed by atoms with Crippen molar-refractivity contribution in [3.05, 3.63) is 0 Å². The summed E-state index contributed by atoms with van der Waals surface area (Å²) < 4.78 is 0. The number of rotatable bonds is 6. The van der Waals surface area contributed by atoms with Crippen molar-refractivity contribution in [2.45, 2.75) is 40.5 Å². The van der Waals surface area contributed by atoms with Crippen molar-refractivity contribution in [2.24, 2.45) is 17.3 Å². The summed E-state index contributed by atoms with van der Waals surface area (Å²) in [4.78, 5) is 0. The molecule has 15 heavy (non-hydrogen) atoms. The molecule has 0 radical (unpaired) electrons. The van der Waals surface area contributed by atoms with Gasteiger partial charge in [0, 0.05) is 6.54 Å². The molecule has 1 heterocycles. The van der Waals surface area contributed by atoms with Gasteiger partial charge in [-0.05, 0) is 49.7 Å². The van der Waals surface area contributed by atoms with E-state index in [2.05, 4.69) is 38.3 Å². The van der Waals surface area contributed by atoms with Crippen molar-refractivity contribution < 1.29 is 0 Å². The molecule has 1 rings (SSSR count). The first kappa shape index (κ1) is 13.0. The molecule has 2 nitrogen and oxygen atoms in total. The third kappa shape index (κ3) is 5.53. The summed E-state index contributed by atoms with van der Waals surface area (Å²) in [5.74, 6) is 1.66. The van der Waals surface area contributed by atoms with Crippen LogP contribution in [0.5, 0.6) is 0 Å². The molecule has 0 aliphatic carbocycles. The lowest BCUT2D eigenvalue weighted by molar-refractivity contribution is 0.268. The molecule has 2 heteroatoms. The summed E-state index contributed by atoms with van der Waals surface area (Å²) in [7, 11) is 0. The SMILES string of the molecule is CC(C)CC(C)(C)CNCC1CCNC1. The van der Waals surface area contributed by atoms with E-state index in [4.69, 9.17) is 0 Å². The van der Waals surface area contributed by atoms with Crippen molar-refractivity contribution in [3.8, 4) is 0 Å². The third-order valence-corrected chi connectivity index (χ3v) is 3.16. The van der Waals surface area contributed by atoms with Crippen LogP contribution in [-0.4, -0.2) is 26.2 Å². The van der Waals surface area contributed by atoms with Gasteiger partial charge in [-0.2, -0.15) is 0 Å². The molecular weight excluding hydrogens is 184 g/mol. The lowest BCUT2D eigenvalue weighted by Crippen LogP contribution is -2.34. The maximum Gasteiger partial charge on any atom is 0.000274 e. The highest BCUT2D eigenvalue weighted by Gasteiger charge is 2.20. The van der Waals surface area contributed by atoms with Crippen molar-refractivity contribution in [1.82, 2.24) is 10.6 Å². The van der Waals surface area contributed by atoms with Gasteiger partial charge < -0.3 is 10.6 Å². The van der Waals surface area contributed by atoms with Gasteiger partial charge in [-0.25, -0.2) is 0 Å². The van der Waals surface area contributed by atoms with Crippen molar-refractivity contribution >= 4 is 0 Å². The van der Waals surface area contributed by atoms with Crippen LogP contribution in [0.4, 0.5) is 0 Å². The predicted octanol–water partition coefficient (Wildman–Crippen LogP) is 2.26. The van der Waals surface area contributed by atoms with Crippen LogP contribution in [0, 0.1) is 17.3 Å². The summed E-state index contributed by atoms with van der Waals surface area (Å²) in [5, 5.41) is 7.05. The molecule has 1 aliphatic heterocycles. The van der Waals surface area contributed by atoms with Crippen LogP contribution in [0.2, 0.25) is 0 Å². The molecule has 0 bridgehead atoms. The molecule has 1 aliphatic rings. The molecule has 0 amide bonds. The molecule has 1 unspecified atom stereocenters. The zero-order valence-corrected chi connectivity index (χ0v) is 10.9. The van der Waals surface area contributed by atoms with Crippen LogP contribution in [0.25, 0.3) is 0 Å². The molecule has 0 aromatic heterocycles. The smallest absolute Gasteiger partial charge is 0.000274 e. The van der Waals surface area contributed by atoms with Gasteiger partial charge in [0.1, 0.15) is 0 Å². The van der Waals surface area contributed by atoms with Gasteiger partial charge in [-0.3, -0.25) is 0 Å². The van der Waals surface area contributed by atoms with Gasteiger partial charge in [0.25, 0.3) is 0 Å². The zero-order chi connectivity index (χ0) is 11.3. The third-order valence-electron chi connectivity index (χ3n) is 3.16. The Kier molecular flexibility index (Phi) is 5.07. The molecule has 0 aromatic carbocycles. The molecule has 90 valence electrons. The molecule has 0 aromatic rings. The van der Waals surface area contributed by atoms with Gasteiger partial charge in [0.15, 0.2) is 0 Å². The number of hydrogen-bond acceptors (Lipinski definition) is 2. The van der Waals surface area contributed by atoms with Gasteiger partial charge in [-0.15, -0.1) is 0 Å². The molecule has 2 N–H and O–H groups in total. The largest absolute Gasteiger partial charge is 0.316 e. The fourth-order valence-corrected chi connectivity index (χ4v) is 2.68. The molecule has 0 spiro atoms. The Balaban J connectivity index is 2.11. The van der Waals surface area contributed by atoms with E-state index in [1.165, 1.54) is 32.5 Å². The summed E-state index contributed by atoms with van der Waals surface area (Å²) in [6, 6.07) is 0. The number of nitrogens with one attached hydrogen (secondary N) is 2. The molecule has 1 saturated heterocycles. The van der Waals surface area contributed by atoms with Crippen LogP contribution in [0.15, 0.2) is 0 Å². The van der Waals surface area contributed by atoms with Crippen molar-refractivity contribution in [1.29, 1.82) is 0 Å². The minimum atomic E-state index is 0.445. The highest BCUT2D eigenvalue weighted by molar-refractivity contribution is 4.77. The van der Waals surface area contributed by atoms with Gasteiger partial charge in [0.05, 0.1) is 0 Å². The van der Waals surface area contributed by atoms with E-state index < -0.39 is 0 Å². The van der Waals surface area contributed by atoms with Gasteiger partial charge in [0.2, 0.25) is 0 Å². The second kappa shape index (κ2) is 5.86. The Morgan fingerprint density at radius 1 is 1.40 bits per heavy atom. The van der Waals surface area contributed by atoms with E-state index in [0.29, 0.717) is 5.41 Å². The second-order valence-electron chi connectivity index (χ2n) is 6.25. The Morgan fingerprint density at radius 3 is 2.67 bits per heavy atom. The lowest BCUT2D eigenvalue weighted by atomic mass is 9.84. The van der Waals surface area contributed by atoms with E-state index >= 15 is 0 Å². The Bertz CT molecular complexity index is 169. The molecule has 0 saturated carbocycles. The summed E-state index contributed by atoms with van der Waals surface area (Å²) >= 11 is 0. The highest BCUT2D eigenvalue weighted by atomic mass is 14.9. The number of hydrogen-bond donors (Lipinski definition) is 2. The Morgan fingerprint density at radius 2 is 2.13 bits per heavy atom. The van der Waals surface area contributed by atoms with E-state index in [1.54, 1.807) is 0 Å². The van der Waals surface area contributed by atoms with E-state index in [-0.39, 0.29) is 0 Å². The average molecular weight is 212 g/mol. The summed E-state index contributed by atoms with van der Waals surface area (Å²) in [5.41, 5.74) is 0.445. The lowest BCUT2D eigenvalue weighted by Gasteiger charge is -2.27. The standard InChI is InChI=1S/C13H28N2/c1-11(2)7-13(3,4)10-15-9-12-5-6-14-8-12/h11-12,14-15H,5-10H2,1-4H3. The minimum Gasteiger partial charge on any atom is -0.316 e. The fourth-order valence-electron chi connectivity index (χ4n) is 2.68. The van der Waals surface area contributed by atoms with E-state index in [0.717, 1.165) is 18.4 Å². The van der Waals surface area contributed by atoms with E-state index in [1.807, 2.05) is 0 Å². The Hall–Kier alpha value is -0.0800. The van der Waals surface area contributed by atoms with Gasteiger partial charge in [-0.1, -0.05) is 27.7 Å². The first-order chi connectivity index (χ1) is 6.99. The fraction of sp³-hybridized carbons (Fsp3) is 1.00. The molecule has 1 fully saturated rings. The van der Waals surface area contributed by atoms with Crippen LogP contribution >= 0.6 is 0 Å². The highest BCUT2D eigenvalue weighted by Crippen LogP contribution is 2.24. The molecular formula is C13H28N2. The normalized spacial score (nSPS) is 22.6. The maximum absolute atomic E-state index is 3.63. The van der Waals surface area contributed by atoms with Crippen LogP contribution in [-0.2, 0) is 0 Å². The average Bonchev–Trinajstić information content (AvgIpc) is 2.53. The monoisotopic (exact) mass is 212 g/mol. The Labute approximate surface area is 95.2 Å². The summed E-state index contributed by atoms with van der Waals surface area (Å²) in [6.45, 7) is 14.1.